The third-order valence-corrected chi connectivity index (χ3v) is 9.57. The van der Waals surface area contributed by atoms with E-state index in [4.69, 9.17) is 4.74 Å². The second kappa shape index (κ2) is 15.1. The highest BCUT2D eigenvalue weighted by atomic mass is 32.2. The Morgan fingerprint density at radius 2 is 1.57 bits per heavy atom. The molecule has 1 N–H and O–H groups in total. The topological polar surface area (TPSA) is 54.5 Å². The van der Waals surface area contributed by atoms with E-state index in [9.17, 15) is 4.79 Å². The zero-order valence-electron chi connectivity index (χ0n) is 23.7. The molecular formula is C34H33N3O2S3. The summed E-state index contributed by atoms with van der Waals surface area (Å²) in [6.45, 7) is 4.49. The van der Waals surface area contributed by atoms with Crippen molar-refractivity contribution in [3.05, 3.63) is 131 Å². The zero-order valence-corrected chi connectivity index (χ0v) is 26.1. The molecule has 0 unspecified atom stereocenters. The van der Waals surface area contributed by atoms with Crippen molar-refractivity contribution in [3.8, 4) is 16.3 Å². The van der Waals surface area contributed by atoms with Gasteiger partial charge in [-0.05, 0) is 66.4 Å². The highest BCUT2D eigenvalue weighted by Gasteiger charge is 2.16. The Morgan fingerprint density at radius 3 is 2.31 bits per heavy atom. The van der Waals surface area contributed by atoms with Gasteiger partial charge in [-0.25, -0.2) is 4.98 Å². The van der Waals surface area contributed by atoms with E-state index in [1.807, 2.05) is 61.2 Å². The van der Waals surface area contributed by atoms with E-state index >= 15 is 0 Å². The summed E-state index contributed by atoms with van der Waals surface area (Å²) in [4.78, 5) is 22.9. The van der Waals surface area contributed by atoms with Crippen molar-refractivity contribution in [3.63, 3.8) is 0 Å². The Labute approximate surface area is 260 Å². The van der Waals surface area contributed by atoms with Crippen molar-refractivity contribution in [2.45, 2.75) is 29.8 Å². The van der Waals surface area contributed by atoms with E-state index < -0.39 is 0 Å². The van der Waals surface area contributed by atoms with Gasteiger partial charge in [0.2, 0.25) is 0 Å². The van der Waals surface area contributed by atoms with Crippen LogP contribution in [0.2, 0.25) is 0 Å². The summed E-state index contributed by atoms with van der Waals surface area (Å²) < 4.78 is 8.44. The minimum atomic E-state index is -0.123. The van der Waals surface area contributed by atoms with Crippen LogP contribution in [0, 0.1) is 6.92 Å². The predicted octanol–water partition coefficient (Wildman–Crippen LogP) is 8.36. The van der Waals surface area contributed by atoms with Crippen molar-refractivity contribution in [1.29, 1.82) is 0 Å². The van der Waals surface area contributed by atoms with Gasteiger partial charge in [-0.3, -0.25) is 14.4 Å². The van der Waals surface area contributed by atoms with Gasteiger partial charge in [0.05, 0.1) is 12.8 Å². The standard InChI is InChI=1S/C34H33N3O2S3/c1-25-32(41-34(35-25)28-11-5-3-6-12-28)33(38)36-42-31-18-16-26(17-19-31)23-37(20-21-40-30-14-7-4-8-15-30)24-27-10-9-13-29(22-27)39-2/h3-19,22H,20-21,23-24H2,1-2H3,(H,36,38). The van der Waals surface area contributed by atoms with Crippen molar-refractivity contribution in [1.82, 2.24) is 14.6 Å². The molecule has 5 aromatic rings. The minimum absolute atomic E-state index is 0.123. The van der Waals surface area contributed by atoms with Gasteiger partial charge in [0, 0.05) is 40.7 Å². The average molecular weight is 612 g/mol. The maximum Gasteiger partial charge on any atom is 0.273 e. The normalized spacial score (nSPS) is 11.0. The van der Waals surface area contributed by atoms with Crippen LogP contribution in [0.3, 0.4) is 0 Å². The second-order valence-electron chi connectivity index (χ2n) is 9.70. The zero-order chi connectivity index (χ0) is 29.1. The lowest BCUT2D eigenvalue weighted by molar-refractivity contribution is 0.0987. The van der Waals surface area contributed by atoms with Gasteiger partial charge in [-0.15, -0.1) is 23.1 Å². The number of aryl methyl sites for hydroxylation is 1. The van der Waals surface area contributed by atoms with Crippen LogP contribution in [0.15, 0.2) is 119 Å². The lowest BCUT2D eigenvalue weighted by atomic mass is 10.1. The van der Waals surface area contributed by atoms with Crippen LogP contribution in [0.25, 0.3) is 10.6 Å². The summed E-state index contributed by atoms with van der Waals surface area (Å²) in [7, 11) is 1.70. The summed E-state index contributed by atoms with van der Waals surface area (Å²) in [6.07, 6.45) is 0. The largest absolute Gasteiger partial charge is 0.497 e. The fraction of sp³-hybridized carbons (Fsp3) is 0.176. The number of nitrogens with zero attached hydrogens (tertiary/aromatic N) is 2. The van der Waals surface area contributed by atoms with Crippen molar-refractivity contribution < 1.29 is 9.53 Å². The van der Waals surface area contributed by atoms with Crippen LogP contribution in [0.5, 0.6) is 5.75 Å². The van der Waals surface area contributed by atoms with Gasteiger partial charge in [0.25, 0.3) is 5.91 Å². The number of thioether (sulfide) groups is 1. The molecule has 0 saturated carbocycles. The minimum Gasteiger partial charge on any atom is -0.497 e. The Balaban J connectivity index is 1.19. The number of ether oxygens (including phenoxy) is 1. The van der Waals surface area contributed by atoms with Crippen molar-refractivity contribution in [2.75, 3.05) is 19.4 Å². The van der Waals surface area contributed by atoms with E-state index in [1.54, 1.807) is 7.11 Å². The first kappa shape index (κ1) is 29.9. The molecule has 0 bridgehead atoms. The highest BCUT2D eigenvalue weighted by molar-refractivity contribution is 7.99. The molecule has 0 aliphatic heterocycles. The summed E-state index contributed by atoms with van der Waals surface area (Å²) in [6, 6.07) is 37.2. The number of benzene rings is 4. The number of nitrogens with one attached hydrogen (secondary N) is 1. The molecule has 0 saturated heterocycles. The second-order valence-corrected chi connectivity index (χ2v) is 12.7. The smallest absolute Gasteiger partial charge is 0.273 e. The molecule has 1 heterocycles. The number of methoxy groups -OCH3 is 1. The summed E-state index contributed by atoms with van der Waals surface area (Å²) in [5, 5.41) is 0.855. The number of hydrogen-bond donors (Lipinski definition) is 1. The number of thiazole rings is 1. The number of carbonyl (C=O) groups is 1. The lowest BCUT2D eigenvalue weighted by Gasteiger charge is -2.23. The Bertz CT molecular complexity index is 1580. The first-order valence-electron chi connectivity index (χ1n) is 13.7. The van der Waals surface area contributed by atoms with Crippen molar-refractivity contribution >= 4 is 41.0 Å². The molecule has 1 amide bonds. The van der Waals surface area contributed by atoms with E-state index in [1.165, 1.54) is 39.3 Å². The molecule has 0 aliphatic carbocycles. The van der Waals surface area contributed by atoms with Crippen LogP contribution in [0.1, 0.15) is 26.5 Å². The molecule has 1 aromatic heterocycles. The van der Waals surface area contributed by atoms with Crippen LogP contribution in [-0.2, 0) is 13.1 Å². The molecule has 5 nitrogen and oxygen atoms in total. The van der Waals surface area contributed by atoms with Crippen LogP contribution < -0.4 is 9.46 Å². The molecule has 0 spiro atoms. The summed E-state index contributed by atoms with van der Waals surface area (Å²) in [5.74, 6) is 1.75. The SMILES string of the molecule is COc1cccc(CN(CCSc2ccccc2)Cc2ccc(SNC(=O)c3sc(-c4ccccc4)nc3C)cc2)c1. The quantitative estimate of drug-likeness (QED) is 0.107. The molecule has 0 fully saturated rings. The Kier molecular flexibility index (Phi) is 10.7. The molecule has 8 heteroatoms. The van der Waals surface area contributed by atoms with Gasteiger partial charge < -0.3 is 4.74 Å². The van der Waals surface area contributed by atoms with E-state index in [-0.39, 0.29) is 5.91 Å². The Hall–Kier alpha value is -3.56. The lowest BCUT2D eigenvalue weighted by Crippen LogP contribution is -2.25. The molecule has 0 aliphatic rings. The fourth-order valence-electron chi connectivity index (χ4n) is 4.44. The molecule has 42 heavy (non-hydrogen) atoms. The van der Waals surface area contributed by atoms with Gasteiger partial charge in [-0.1, -0.05) is 72.8 Å². The number of hydrogen-bond acceptors (Lipinski definition) is 7. The number of carbonyl (C=O) groups excluding carboxylic acids is 1. The number of aromatic nitrogens is 1. The third-order valence-electron chi connectivity index (χ3n) is 6.57. The third kappa shape index (κ3) is 8.49. The summed E-state index contributed by atoms with van der Waals surface area (Å²) >= 11 is 4.63. The first-order chi connectivity index (χ1) is 20.6. The molecule has 0 atom stereocenters. The average Bonchev–Trinajstić information content (AvgIpc) is 3.43. The van der Waals surface area contributed by atoms with Crippen LogP contribution in [0.4, 0.5) is 0 Å². The highest BCUT2D eigenvalue weighted by Crippen LogP contribution is 2.28. The number of rotatable bonds is 13. The first-order valence-corrected chi connectivity index (χ1v) is 16.3. The van der Waals surface area contributed by atoms with Crippen LogP contribution in [-0.4, -0.2) is 35.2 Å². The monoisotopic (exact) mass is 611 g/mol. The molecule has 214 valence electrons. The van der Waals surface area contributed by atoms with E-state index in [0.29, 0.717) is 4.88 Å². The molecule has 5 rings (SSSR count). The van der Waals surface area contributed by atoms with Crippen molar-refractivity contribution in [2.24, 2.45) is 0 Å². The molecule has 4 aromatic carbocycles. The van der Waals surface area contributed by atoms with Gasteiger partial charge in [0.1, 0.15) is 15.6 Å². The maximum absolute atomic E-state index is 12.9. The number of amides is 1. The van der Waals surface area contributed by atoms with Gasteiger partial charge in [-0.2, -0.15) is 0 Å². The van der Waals surface area contributed by atoms with Gasteiger partial charge in [0.15, 0.2) is 0 Å². The summed E-state index contributed by atoms with van der Waals surface area (Å²) in [5.41, 5.74) is 4.22. The predicted molar refractivity (Wildman–Crippen MR) is 176 cm³/mol. The van der Waals surface area contributed by atoms with Crippen LogP contribution >= 0.6 is 35.0 Å². The van der Waals surface area contributed by atoms with Gasteiger partial charge >= 0.3 is 0 Å². The molecule has 0 radical (unpaired) electrons. The Morgan fingerprint density at radius 1 is 0.857 bits per heavy atom. The van der Waals surface area contributed by atoms with E-state index in [2.05, 4.69) is 81.3 Å². The molecular weight excluding hydrogens is 579 g/mol. The maximum atomic E-state index is 12.9. The van der Waals surface area contributed by atoms with E-state index in [0.717, 1.165) is 52.3 Å². The fourth-order valence-corrected chi connectivity index (χ4v) is 6.99.